The quantitative estimate of drug-likeness (QED) is 0.356. The maximum absolute atomic E-state index is 10.2. The summed E-state index contributed by atoms with van der Waals surface area (Å²) in [7, 11) is 0. The van der Waals surface area contributed by atoms with Crippen LogP contribution in [0.3, 0.4) is 0 Å². The van der Waals surface area contributed by atoms with Crippen LogP contribution in [0.1, 0.15) is 111 Å². The molecule has 3 saturated carbocycles. The van der Waals surface area contributed by atoms with Crippen molar-refractivity contribution >= 4 is 0 Å². The highest BCUT2D eigenvalue weighted by atomic mass is 16.3. The lowest BCUT2D eigenvalue weighted by atomic mass is 9.47. The number of allylic oxidation sites excluding steroid dienone is 1. The Morgan fingerprint density at radius 1 is 1.00 bits per heavy atom. The van der Waals surface area contributed by atoms with Gasteiger partial charge in [-0.2, -0.15) is 0 Å². The molecule has 0 radical (unpaired) electrons. The molecule has 220 valence electrons. The fourth-order valence-corrected chi connectivity index (χ4v) is 9.92. The molecule has 1 unspecified atom stereocenters. The molecule has 2 N–H and O–H groups in total. The number of aromatic amines is 1. The van der Waals surface area contributed by atoms with E-state index in [9.17, 15) is 5.11 Å². The number of fused-ring (bicyclic) bond motifs is 5. The zero-order valence-corrected chi connectivity index (χ0v) is 26.3. The van der Waals surface area contributed by atoms with Crippen LogP contribution in [0.5, 0.6) is 0 Å². The Kier molecular flexibility index (Phi) is 9.00. The van der Waals surface area contributed by atoms with E-state index in [0.717, 1.165) is 54.2 Å². The Bertz CT molecular complexity index is 1130. The highest BCUT2D eigenvalue weighted by molar-refractivity contribution is 5.59. The van der Waals surface area contributed by atoms with Crippen molar-refractivity contribution in [1.29, 1.82) is 0 Å². The number of imidazole rings is 1. The van der Waals surface area contributed by atoms with Crippen LogP contribution in [-0.4, -0.2) is 21.2 Å². The van der Waals surface area contributed by atoms with Gasteiger partial charge in [0.15, 0.2) is 0 Å². The fraction of sp³-hybridized carbons (Fsp3) is 0.703. The van der Waals surface area contributed by atoms with Crippen LogP contribution in [0.2, 0.25) is 0 Å². The van der Waals surface area contributed by atoms with Gasteiger partial charge in [0.1, 0.15) is 5.82 Å². The van der Waals surface area contributed by atoms with Crippen molar-refractivity contribution in [3.63, 3.8) is 0 Å². The van der Waals surface area contributed by atoms with Crippen molar-refractivity contribution in [1.82, 2.24) is 9.97 Å². The summed E-state index contributed by atoms with van der Waals surface area (Å²) < 4.78 is 0. The highest BCUT2D eigenvalue weighted by Gasteiger charge is 2.59. The van der Waals surface area contributed by atoms with E-state index in [-0.39, 0.29) is 6.10 Å². The van der Waals surface area contributed by atoms with Gasteiger partial charge in [-0.05, 0) is 110 Å². The third-order valence-electron chi connectivity index (χ3n) is 12.2. The summed E-state index contributed by atoms with van der Waals surface area (Å²) in [4.78, 5) is 7.27. The SMILES string of the molecule is CC(C)CCCC(C)[C@H]1CC[C@H]2[C@@H]3CC=C4C[C@@H](O)CC[C@]4(C)[C@H]3CC[C@]12C.Cc1ccccc1-c1ncc[nH]1. The Morgan fingerprint density at radius 3 is 2.52 bits per heavy atom. The maximum atomic E-state index is 10.2. The van der Waals surface area contributed by atoms with Crippen molar-refractivity contribution in [2.45, 2.75) is 118 Å². The second kappa shape index (κ2) is 12.2. The minimum absolute atomic E-state index is 0.0766. The molecule has 0 bridgehead atoms. The molecule has 8 atom stereocenters. The van der Waals surface area contributed by atoms with Gasteiger partial charge in [0.25, 0.3) is 0 Å². The molecule has 2 aromatic rings. The van der Waals surface area contributed by atoms with Gasteiger partial charge in [0.2, 0.25) is 0 Å². The van der Waals surface area contributed by atoms with Gasteiger partial charge in [-0.3, -0.25) is 0 Å². The second-order valence-electron chi connectivity index (χ2n) is 14.9. The summed E-state index contributed by atoms with van der Waals surface area (Å²) in [5.74, 6) is 6.40. The number of aryl methyl sites for hydroxylation is 1. The minimum Gasteiger partial charge on any atom is -0.393 e. The van der Waals surface area contributed by atoms with Crippen molar-refractivity contribution in [3.05, 3.63) is 53.9 Å². The topological polar surface area (TPSA) is 48.9 Å². The molecule has 40 heavy (non-hydrogen) atoms. The van der Waals surface area contributed by atoms with Crippen LogP contribution in [-0.2, 0) is 0 Å². The molecule has 0 amide bonds. The van der Waals surface area contributed by atoms with E-state index >= 15 is 0 Å². The van der Waals surface area contributed by atoms with Crippen LogP contribution in [0.15, 0.2) is 48.3 Å². The molecule has 3 fully saturated rings. The predicted octanol–water partition coefficient (Wildman–Crippen LogP) is 9.77. The van der Waals surface area contributed by atoms with E-state index < -0.39 is 0 Å². The van der Waals surface area contributed by atoms with Gasteiger partial charge in [-0.1, -0.05) is 89.8 Å². The second-order valence-corrected chi connectivity index (χ2v) is 14.9. The first-order valence-electron chi connectivity index (χ1n) is 16.6. The maximum Gasteiger partial charge on any atom is 0.137 e. The third-order valence-corrected chi connectivity index (χ3v) is 12.2. The molecular weight excluding hydrogens is 488 g/mol. The number of aliphatic hydroxyl groups excluding tert-OH is 1. The lowest BCUT2D eigenvalue weighted by Crippen LogP contribution is -2.50. The fourth-order valence-electron chi connectivity index (χ4n) is 9.92. The van der Waals surface area contributed by atoms with Crippen molar-refractivity contribution < 1.29 is 5.11 Å². The van der Waals surface area contributed by atoms with Gasteiger partial charge < -0.3 is 10.1 Å². The first kappa shape index (κ1) is 29.6. The van der Waals surface area contributed by atoms with E-state index in [0.29, 0.717) is 10.8 Å². The lowest BCUT2D eigenvalue weighted by Gasteiger charge is -2.58. The van der Waals surface area contributed by atoms with E-state index in [1.807, 2.05) is 18.3 Å². The van der Waals surface area contributed by atoms with E-state index in [1.165, 1.54) is 68.9 Å². The monoisotopic (exact) mass is 544 g/mol. The smallest absolute Gasteiger partial charge is 0.137 e. The van der Waals surface area contributed by atoms with E-state index in [2.05, 4.69) is 69.7 Å². The van der Waals surface area contributed by atoms with Crippen LogP contribution in [0.4, 0.5) is 0 Å². The van der Waals surface area contributed by atoms with Crippen LogP contribution in [0.25, 0.3) is 11.4 Å². The summed E-state index contributed by atoms with van der Waals surface area (Å²) in [6, 6.07) is 8.19. The molecule has 0 spiro atoms. The average Bonchev–Trinajstić information content (AvgIpc) is 3.57. The van der Waals surface area contributed by atoms with Crippen molar-refractivity contribution in [2.75, 3.05) is 0 Å². The Labute approximate surface area is 244 Å². The number of H-pyrrole nitrogens is 1. The van der Waals surface area contributed by atoms with Gasteiger partial charge in [-0.15, -0.1) is 0 Å². The average molecular weight is 545 g/mol. The summed E-state index contributed by atoms with van der Waals surface area (Å²) in [6.07, 6.45) is 20.8. The molecule has 0 saturated heterocycles. The predicted molar refractivity (Wildman–Crippen MR) is 168 cm³/mol. The normalized spacial score (nSPS) is 35.6. The number of aromatic nitrogens is 2. The molecule has 0 aliphatic heterocycles. The molecule has 4 aliphatic carbocycles. The van der Waals surface area contributed by atoms with Gasteiger partial charge >= 0.3 is 0 Å². The number of benzene rings is 1. The Morgan fingerprint density at radius 2 is 1.80 bits per heavy atom. The number of hydrogen-bond donors (Lipinski definition) is 2. The molecule has 1 aromatic heterocycles. The van der Waals surface area contributed by atoms with Gasteiger partial charge in [0.05, 0.1) is 6.10 Å². The Hall–Kier alpha value is -1.87. The van der Waals surface area contributed by atoms with Crippen LogP contribution < -0.4 is 0 Å². The first-order valence-corrected chi connectivity index (χ1v) is 16.6. The summed E-state index contributed by atoms with van der Waals surface area (Å²) in [6.45, 7) is 14.6. The van der Waals surface area contributed by atoms with Crippen LogP contribution >= 0.6 is 0 Å². The number of nitrogens with one attached hydrogen (secondary N) is 1. The number of nitrogens with zero attached hydrogens (tertiary/aromatic N) is 1. The molecule has 1 heterocycles. The number of rotatable bonds is 6. The minimum atomic E-state index is -0.0766. The summed E-state index contributed by atoms with van der Waals surface area (Å²) in [5.41, 5.74) is 5.02. The summed E-state index contributed by atoms with van der Waals surface area (Å²) in [5, 5.41) is 10.2. The zero-order chi connectivity index (χ0) is 28.5. The summed E-state index contributed by atoms with van der Waals surface area (Å²) >= 11 is 0. The first-order chi connectivity index (χ1) is 19.1. The van der Waals surface area contributed by atoms with Crippen molar-refractivity contribution in [2.24, 2.45) is 46.3 Å². The molecule has 6 rings (SSSR count). The largest absolute Gasteiger partial charge is 0.393 e. The standard InChI is InChI=1S/C27H46O.C10H10N2/c1-18(2)7-6-8-19(3)23-11-12-24-22-10-9-20-17-21(28)13-15-26(20,4)25(22)14-16-27(23,24)5;1-8-4-2-3-5-9(8)10-11-6-7-12-10/h9,18-19,21-25,28H,6-8,10-17H2,1-5H3;2-7H,1H3,(H,11,12)/t19?,21-,22-,23+,24-,25-,26-,27+;/m0./s1. The molecule has 4 aliphatic rings. The van der Waals surface area contributed by atoms with E-state index in [4.69, 9.17) is 0 Å². The zero-order valence-electron chi connectivity index (χ0n) is 26.3. The third kappa shape index (κ3) is 5.74. The highest BCUT2D eigenvalue weighted by Crippen LogP contribution is 2.67. The van der Waals surface area contributed by atoms with Gasteiger partial charge in [-0.25, -0.2) is 4.98 Å². The Balaban J connectivity index is 0.000000223. The number of hydrogen-bond acceptors (Lipinski definition) is 2. The van der Waals surface area contributed by atoms with Crippen molar-refractivity contribution in [3.8, 4) is 11.4 Å². The van der Waals surface area contributed by atoms with Gasteiger partial charge in [0, 0.05) is 18.0 Å². The molecule has 3 heteroatoms. The molecule has 1 aromatic carbocycles. The van der Waals surface area contributed by atoms with Crippen LogP contribution in [0, 0.1) is 53.3 Å². The number of aliphatic hydroxyl groups is 1. The van der Waals surface area contributed by atoms with E-state index in [1.54, 1.807) is 11.8 Å². The molecular formula is C37H56N2O. The molecule has 3 nitrogen and oxygen atoms in total. The lowest BCUT2D eigenvalue weighted by molar-refractivity contribution is -0.0573.